The lowest BCUT2D eigenvalue weighted by Gasteiger charge is -2.09. The first kappa shape index (κ1) is 22.4. The number of nitrogens with two attached hydrogens (primary N) is 1. The minimum Gasteiger partial charge on any atom is -0.478 e. The van der Waals surface area contributed by atoms with E-state index in [9.17, 15) is 14.7 Å². The van der Waals surface area contributed by atoms with Crippen molar-refractivity contribution in [3.8, 4) is 11.1 Å². The number of nitrogens with one attached hydrogen (secondary N) is 1. The summed E-state index contributed by atoms with van der Waals surface area (Å²) < 4.78 is 0. The highest BCUT2D eigenvalue weighted by atomic mass is 16.4. The molecule has 7 nitrogen and oxygen atoms in total. The molecule has 7 heteroatoms. The van der Waals surface area contributed by atoms with E-state index in [1.165, 1.54) is 18.0 Å². The van der Waals surface area contributed by atoms with E-state index in [1.54, 1.807) is 43.5 Å². The fourth-order valence-electron chi connectivity index (χ4n) is 3.07. The summed E-state index contributed by atoms with van der Waals surface area (Å²) >= 11 is 0. The number of hydrogen-bond donors (Lipinski definition) is 3. The summed E-state index contributed by atoms with van der Waals surface area (Å²) in [6, 6.07) is 18.4. The Kier molecular flexibility index (Phi) is 7.48. The van der Waals surface area contributed by atoms with Gasteiger partial charge in [-0.25, -0.2) is 4.79 Å². The van der Waals surface area contributed by atoms with Crippen molar-refractivity contribution in [1.29, 1.82) is 0 Å². The highest BCUT2D eigenvalue weighted by molar-refractivity contribution is 5.99. The molecule has 0 aliphatic rings. The van der Waals surface area contributed by atoms with Gasteiger partial charge in [-0.15, -0.1) is 0 Å². The molecule has 0 fully saturated rings. The number of carboxylic acid groups (broad SMARTS) is 1. The zero-order valence-corrected chi connectivity index (χ0v) is 17.7. The fourth-order valence-corrected chi connectivity index (χ4v) is 3.07. The zero-order valence-electron chi connectivity index (χ0n) is 17.7. The number of amides is 1. The maximum Gasteiger partial charge on any atom is 0.337 e. The van der Waals surface area contributed by atoms with E-state index >= 15 is 0 Å². The summed E-state index contributed by atoms with van der Waals surface area (Å²) in [7, 11) is 0. The van der Waals surface area contributed by atoms with E-state index in [0.717, 1.165) is 6.42 Å². The van der Waals surface area contributed by atoms with Crippen molar-refractivity contribution in [3.05, 3.63) is 101 Å². The SMILES string of the molecule is Cc1ncc(-c2cccc(C(=O)N/C(C=NCCc3ccccc3)=C/N)c2)cc1C(=O)O. The van der Waals surface area contributed by atoms with Gasteiger partial charge >= 0.3 is 5.97 Å². The second-order valence-corrected chi connectivity index (χ2v) is 7.09. The van der Waals surface area contributed by atoms with Gasteiger partial charge in [-0.1, -0.05) is 42.5 Å². The number of aryl methyl sites for hydroxylation is 1. The smallest absolute Gasteiger partial charge is 0.337 e. The largest absolute Gasteiger partial charge is 0.478 e. The molecule has 1 aromatic heterocycles. The molecule has 2 aromatic carbocycles. The van der Waals surface area contributed by atoms with E-state index in [1.807, 2.05) is 30.3 Å². The second-order valence-electron chi connectivity index (χ2n) is 7.09. The van der Waals surface area contributed by atoms with Crippen molar-refractivity contribution >= 4 is 18.1 Å². The van der Waals surface area contributed by atoms with Gasteiger partial charge in [0.2, 0.25) is 0 Å². The number of benzene rings is 2. The van der Waals surface area contributed by atoms with Crippen LogP contribution in [0.25, 0.3) is 11.1 Å². The minimum atomic E-state index is -1.05. The van der Waals surface area contributed by atoms with Gasteiger partial charge in [-0.2, -0.15) is 0 Å². The molecule has 0 aliphatic carbocycles. The van der Waals surface area contributed by atoms with E-state index in [0.29, 0.717) is 34.6 Å². The number of hydrogen-bond acceptors (Lipinski definition) is 5. The van der Waals surface area contributed by atoms with Crippen LogP contribution in [-0.2, 0) is 6.42 Å². The topological polar surface area (TPSA) is 118 Å². The number of carbonyl (C=O) groups excluding carboxylic acids is 1. The Balaban J connectivity index is 1.68. The predicted octanol–water partition coefficient (Wildman–Crippen LogP) is 3.60. The Morgan fingerprint density at radius 3 is 2.59 bits per heavy atom. The molecule has 0 radical (unpaired) electrons. The summed E-state index contributed by atoms with van der Waals surface area (Å²) in [5, 5.41) is 12.1. The molecule has 0 bridgehead atoms. The maximum absolute atomic E-state index is 12.7. The van der Waals surface area contributed by atoms with E-state index in [4.69, 9.17) is 5.73 Å². The van der Waals surface area contributed by atoms with Crippen LogP contribution in [0.2, 0.25) is 0 Å². The lowest BCUT2D eigenvalue weighted by molar-refractivity contribution is 0.0695. The Morgan fingerprint density at radius 2 is 1.88 bits per heavy atom. The summed E-state index contributed by atoms with van der Waals surface area (Å²) in [5.74, 6) is -1.40. The molecule has 0 saturated heterocycles. The molecule has 1 heterocycles. The van der Waals surface area contributed by atoms with E-state index < -0.39 is 5.97 Å². The quantitative estimate of drug-likeness (QED) is 0.474. The van der Waals surface area contributed by atoms with Gasteiger partial charge < -0.3 is 16.2 Å². The average molecular weight is 428 g/mol. The molecule has 0 spiro atoms. The number of nitrogens with zero attached hydrogens (tertiary/aromatic N) is 2. The number of pyridine rings is 1. The summed E-state index contributed by atoms with van der Waals surface area (Å²) in [4.78, 5) is 32.6. The molecule has 3 aromatic rings. The van der Waals surface area contributed by atoms with Gasteiger partial charge in [0.15, 0.2) is 0 Å². The van der Waals surface area contributed by atoms with Gasteiger partial charge in [0.05, 0.1) is 17.0 Å². The van der Waals surface area contributed by atoms with Crippen LogP contribution in [0.3, 0.4) is 0 Å². The molecule has 32 heavy (non-hydrogen) atoms. The van der Waals surface area contributed by atoms with Crippen molar-refractivity contribution in [2.24, 2.45) is 10.7 Å². The third-order valence-electron chi connectivity index (χ3n) is 4.82. The molecule has 0 saturated carbocycles. The van der Waals surface area contributed by atoms with Gasteiger partial charge in [0.1, 0.15) is 0 Å². The first-order chi connectivity index (χ1) is 15.5. The maximum atomic E-state index is 12.7. The molecule has 0 unspecified atom stereocenters. The highest BCUT2D eigenvalue weighted by Crippen LogP contribution is 2.22. The normalized spacial score (nSPS) is 11.5. The van der Waals surface area contributed by atoms with Crippen LogP contribution >= 0.6 is 0 Å². The molecule has 162 valence electrons. The average Bonchev–Trinajstić information content (AvgIpc) is 2.81. The van der Waals surface area contributed by atoms with Crippen molar-refractivity contribution in [1.82, 2.24) is 10.3 Å². The Morgan fingerprint density at radius 1 is 1.09 bits per heavy atom. The number of aliphatic imine (C=N–C) groups is 1. The monoisotopic (exact) mass is 428 g/mol. The lowest BCUT2D eigenvalue weighted by Crippen LogP contribution is -2.24. The van der Waals surface area contributed by atoms with Crippen LogP contribution in [0, 0.1) is 6.92 Å². The molecule has 0 atom stereocenters. The lowest BCUT2D eigenvalue weighted by atomic mass is 10.0. The standard InChI is InChI=1S/C25H24N4O3/c1-17-23(25(31)32)13-21(15-28-17)19-8-5-9-20(12-19)24(30)29-22(14-26)16-27-11-10-18-6-3-2-4-7-18/h2-9,12-16H,10-11,26H2,1H3,(H,29,30)(H,31,32)/b22-14+,27-16?. The Hall–Kier alpha value is -4.26. The first-order valence-corrected chi connectivity index (χ1v) is 10.1. The third kappa shape index (κ3) is 5.89. The molecule has 1 amide bonds. The number of aromatic carboxylic acids is 1. The number of carbonyl (C=O) groups is 2. The van der Waals surface area contributed by atoms with Crippen molar-refractivity contribution in [2.75, 3.05) is 6.54 Å². The van der Waals surface area contributed by atoms with Crippen LogP contribution in [0.4, 0.5) is 0 Å². The van der Waals surface area contributed by atoms with Gasteiger partial charge in [0, 0.05) is 36.3 Å². The number of allylic oxidation sites excluding steroid dienone is 1. The van der Waals surface area contributed by atoms with Gasteiger partial charge in [-0.05, 0) is 42.7 Å². The highest BCUT2D eigenvalue weighted by Gasteiger charge is 2.12. The third-order valence-corrected chi connectivity index (χ3v) is 4.82. The zero-order chi connectivity index (χ0) is 22.9. The molecular formula is C25H24N4O3. The minimum absolute atomic E-state index is 0.123. The van der Waals surface area contributed by atoms with Gasteiger partial charge in [-0.3, -0.25) is 14.8 Å². The van der Waals surface area contributed by atoms with Crippen LogP contribution in [0.1, 0.15) is 32.0 Å². The second kappa shape index (κ2) is 10.7. The number of rotatable bonds is 8. The molecule has 0 aliphatic heterocycles. The summed E-state index contributed by atoms with van der Waals surface area (Å²) in [6.07, 6.45) is 5.20. The van der Waals surface area contributed by atoms with Crippen LogP contribution in [0.5, 0.6) is 0 Å². The molecule has 3 rings (SSSR count). The number of carboxylic acids is 1. The van der Waals surface area contributed by atoms with Gasteiger partial charge in [0.25, 0.3) is 5.91 Å². The van der Waals surface area contributed by atoms with Crippen LogP contribution in [0.15, 0.2) is 83.7 Å². The first-order valence-electron chi connectivity index (χ1n) is 10.1. The van der Waals surface area contributed by atoms with Crippen molar-refractivity contribution < 1.29 is 14.7 Å². The number of aromatic nitrogens is 1. The molecule has 4 N–H and O–H groups in total. The van der Waals surface area contributed by atoms with Crippen molar-refractivity contribution in [2.45, 2.75) is 13.3 Å². The van der Waals surface area contributed by atoms with E-state index in [-0.39, 0.29) is 11.5 Å². The molecular weight excluding hydrogens is 404 g/mol. The summed E-state index contributed by atoms with van der Waals surface area (Å²) in [5.41, 5.74) is 9.46. The van der Waals surface area contributed by atoms with Crippen molar-refractivity contribution in [3.63, 3.8) is 0 Å². The summed E-state index contributed by atoms with van der Waals surface area (Å²) in [6.45, 7) is 2.21. The van der Waals surface area contributed by atoms with E-state index in [2.05, 4.69) is 15.3 Å². The Labute approximate surface area is 186 Å². The Bertz CT molecular complexity index is 1170. The van der Waals surface area contributed by atoms with Crippen LogP contribution in [-0.4, -0.2) is 34.7 Å². The fraction of sp³-hybridized carbons (Fsp3) is 0.120. The van der Waals surface area contributed by atoms with Crippen LogP contribution < -0.4 is 11.1 Å². The predicted molar refractivity (Wildman–Crippen MR) is 125 cm³/mol.